The molecule has 114 valence electrons. The maximum atomic E-state index is 4.69. The Hall–Kier alpha value is -2.70. The quantitative estimate of drug-likeness (QED) is 0.748. The lowest BCUT2D eigenvalue weighted by molar-refractivity contribution is 0.314. The van der Waals surface area contributed by atoms with E-state index in [4.69, 9.17) is 0 Å². The van der Waals surface area contributed by atoms with Gasteiger partial charge < -0.3 is 10.6 Å². The van der Waals surface area contributed by atoms with E-state index >= 15 is 0 Å². The Balaban J connectivity index is 1.93. The van der Waals surface area contributed by atoms with Crippen LogP contribution in [0.15, 0.2) is 35.0 Å². The van der Waals surface area contributed by atoms with Gasteiger partial charge in [0.05, 0.1) is 6.04 Å². The topological polar surface area (TPSA) is 88.8 Å². The molecule has 22 heavy (non-hydrogen) atoms. The van der Waals surface area contributed by atoms with Gasteiger partial charge >= 0.3 is 0 Å². The van der Waals surface area contributed by atoms with Gasteiger partial charge in [0.25, 0.3) is 0 Å². The highest BCUT2D eigenvalue weighted by Gasteiger charge is 2.15. The summed E-state index contributed by atoms with van der Waals surface area (Å²) in [5.41, 5.74) is 1.94. The third kappa shape index (κ3) is 2.98. The number of fused-ring (bicyclic) bond motifs is 1. The zero-order chi connectivity index (χ0) is 15.5. The fourth-order valence-electron chi connectivity index (χ4n) is 2.14. The number of nitrogens with one attached hydrogen (secondary N) is 2. The molecule has 0 saturated carbocycles. The van der Waals surface area contributed by atoms with Crippen LogP contribution in [-0.2, 0) is 0 Å². The molecule has 0 fully saturated rings. The molecule has 0 aliphatic rings. The van der Waals surface area contributed by atoms with Crippen LogP contribution in [0.3, 0.4) is 0 Å². The molecule has 0 bridgehead atoms. The number of benzene rings is 1. The molecule has 2 aromatic heterocycles. The van der Waals surface area contributed by atoms with Crippen LogP contribution < -0.4 is 10.6 Å². The second-order valence-corrected chi connectivity index (χ2v) is 5.41. The van der Waals surface area contributed by atoms with Gasteiger partial charge in [-0.05, 0) is 36.6 Å². The van der Waals surface area contributed by atoms with Gasteiger partial charge in [-0.15, -0.1) is 0 Å². The van der Waals surface area contributed by atoms with Gasteiger partial charge in [-0.3, -0.25) is 0 Å². The lowest BCUT2D eigenvalue weighted by Crippen LogP contribution is -2.16. The van der Waals surface area contributed by atoms with Crippen molar-refractivity contribution in [3.8, 4) is 0 Å². The van der Waals surface area contributed by atoms with Gasteiger partial charge in [0.2, 0.25) is 11.3 Å². The molecule has 0 amide bonds. The maximum Gasteiger partial charge on any atom is 0.245 e. The van der Waals surface area contributed by atoms with E-state index in [9.17, 15) is 0 Å². The first-order chi connectivity index (χ1) is 10.6. The van der Waals surface area contributed by atoms with Gasteiger partial charge in [-0.25, -0.2) is 14.6 Å². The van der Waals surface area contributed by atoms with Crippen LogP contribution in [0.5, 0.6) is 0 Å². The molecule has 3 rings (SSSR count). The Bertz CT molecular complexity index is 755. The normalized spacial score (nSPS) is 12.5. The van der Waals surface area contributed by atoms with E-state index in [-0.39, 0.29) is 12.1 Å². The van der Waals surface area contributed by atoms with Crippen molar-refractivity contribution in [2.24, 2.45) is 0 Å². The van der Waals surface area contributed by atoms with E-state index in [1.807, 2.05) is 32.0 Å². The van der Waals surface area contributed by atoms with Gasteiger partial charge in [0.15, 0.2) is 11.6 Å². The summed E-state index contributed by atoms with van der Waals surface area (Å²) in [7, 11) is 0. The third-order valence-corrected chi connectivity index (χ3v) is 3.19. The molecule has 0 aliphatic heterocycles. The van der Waals surface area contributed by atoms with Crippen molar-refractivity contribution >= 4 is 22.9 Å². The number of hydrogen-bond acceptors (Lipinski definition) is 7. The fraction of sp³-hybridized carbons (Fsp3) is 0.333. The average molecular weight is 298 g/mol. The van der Waals surface area contributed by atoms with Crippen LogP contribution in [0.2, 0.25) is 0 Å². The SMILES string of the molecule is CC(C)Nc1nc2nonc2nc1NC(C)c1ccccc1. The Kier molecular flexibility index (Phi) is 3.86. The Morgan fingerprint density at radius 3 is 2.05 bits per heavy atom. The summed E-state index contributed by atoms with van der Waals surface area (Å²) in [6.45, 7) is 6.15. The van der Waals surface area contributed by atoms with Crippen molar-refractivity contribution in [1.29, 1.82) is 0 Å². The van der Waals surface area contributed by atoms with E-state index in [2.05, 4.69) is 54.6 Å². The maximum absolute atomic E-state index is 4.69. The molecule has 7 nitrogen and oxygen atoms in total. The number of aromatic nitrogens is 4. The van der Waals surface area contributed by atoms with Crippen LogP contribution in [0, 0.1) is 0 Å². The van der Waals surface area contributed by atoms with Crippen molar-refractivity contribution in [3.05, 3.63) is 35.9 Å². The summed E-state index contributed by atoms with van der Waals surface area (Å²) in [6.07, 6.45) is 0. The van der Waals surface area contributed by atoms with Crippen LogP contribution in [-0.4, -0.2) is 26.3 Å². The minimum Gasteiger partial charge on any atom is -0.365 e. The van der Waals surface area contributed by atoms with Gasteiger partial charge in [0.1, 0.15) is 0 Å². The van der Waals surface area contributed by atoms with Gasteiger partial charge in [-0.1, -0.05) is 30.3 Å². The summed E-state index contributed by atoms with van der Waals surface area (Å²) >= 11 is 0. The molecule has 0 saturated heterocycles. The van der Waals surface area contributed by atoms with Crippen molar-refractivity contribution in [2.75, 3.05) is 10.6 Å². The number of anilines is 2. The molecule has 3 aromatic rings. The number of rotatable bonds is 5. The lowest BCUT2D eigenvalue weighted by Gasteiger charge is -2.18. The summed E-state index contributed by atoms with van der Waals surface area (Å²) in [5.74, 6) is 1.27. The second-order valence-electron chi connectivity index (χ2n) is 5.41. The number of hydrogen-bond donors (Lipinski definition) is 2. The van der Waals surface area contributed by atoms with E-state index in [1.165, 1.54) is 0 Å². The smallest absolute Gasteiger partial charge is 0.245 e. The predicted molar refractivity (Wildman–Crippen MR) is 84.6 cm³/mol. The zero-order valence-electron chi connectivity index (χ0n) is 12.7. The van der Waals surface area contributed by atoms with E-state index in [1.54, 1.807) is 0 Å². The molecule has 7 heteroatoms. The molecule has 0 spiro atoms. The van der Waals surface area contributed by atoms with Gasteiger partial charge in [-0.2, -0.15) is 0 Å². The summed E-state index contributed by atoms with van der Waals surface area (Å²) < 4.78 is 4.69. The average Bonchev–Trinajstić information content (AvgIpc) is 2.95. The molecule has 2 N–H and O–H groups in total. The predicted octanol–water partition coefficient (Wildman–Crippen LogP) is 3.01. The molecular formula is C15H18N6O. The highest BCUT2D eigenvalue weighted by atomic mass is 16.6. The van der Waals surface area contributed by atoms with Crippen LogP contribution in [0.25, 0.3) is 11.3 Å². The molecule has 1 unspecified atom stereocenters. The van der Waals surface area contributed by atoms with Crippen LogP contribution in [0.4, 0.5) is 11.6 Å². The first-order valence-corrected chi connectivity index (χ1v) is 7.22. The zero-order valence-corrected chi connectivity index (χ0v) is 12.7. The largest absolute Gasteiger partial charge is 0.365 e. The lowest BCUT2D eigenvalue weighted by atomic mass is 10.1. The molecular weight excluding hydrogens is 280 g/mol. The Morgan fingerprint density at radius 1 is 0.864 bits per heavy atom. The summed E-state index contributed by atoms with van der Waals surface area (Å²) in [5, 5.41) is 14.1. The van der Waals surface area contributed by atoms with Crippen molar-refractivity contribution in [1.82, 2.24) is 20.3 Å². The summed E-state index contributed by atoms with van der Waals surface area (Å²) in [4.78, 5) is 8.87. The highest BCUT2D eigenvalue weighted by molar-refractivity contribution is 5.73. The first kappa shape index (κ1) is 14.2. The van der Waals surface area contributed by atoms with Gasteiger partial charge in [0, 0.05) is 6.04 Å². The van der Waals surface area contributed by atoms with Crippen molar-refractivity contribution in [3.63, 3.8) is 0 Å². The second kappa shape index (κ2) is 5.97. The molecule has 1 atom stereocenters. The Labute approximate surface area is 128 Å². The van der Waals surface area contributed by atoms with Crippen molar-refractivity contribution < 1.29 is 4.63 Å². The third-order valence-electron chi connectivity index (χ3n) is 3.19. The van der Waals surface area contributed by atoms with Crippen LogP contribution in [0.1, 0.15) is 32.4 Å². The fourth-order valence-corrected chi connectivity index (χ4v) is 2.14. The molecule has 0 radical (unpaired) electrons. The van der Waals surface area contributed by atoms with Crippen LogP contribution >= 0.6 is 0 Å². The van der Waals surface area contributed by atoms with E-state index in [0.29, 0.717) is 22.9 Å². The molecule has 0 aliphatic carbocycles. The monoisotopic (exact) mass is 298 g/mol. The van der Waals surface area contributed by atoms with Crippen molar-refractivity contribution in [2.45, 2.75) is 32.9 Å². The van der Waals surface area contributed by atoms with E-state index in [0.717, 1.165) is 5.56 Å². The highest BCUT2D eigenvalue weighted by Crippen LogP contribution is 2.25. The minimum absolute atomic E-state index is 0.0838. The summed E-state index contributed by atoms with van der Waals surface area (Å²) in [6, 6.07) is 10.5. The van der Waals surface area contributed by atoms with E-state index < -0.39 is 0 Å². The number of nitrogens with zero attached hydrogens (tertiary/aromatic N) is 4. The standard InChI is InChI=1S/C15H18N6O/c1-9(2)16-12-13(19-15-14(18-12)20-22-21-15)17-10(3)11-7-5-4-6-8-11/h4-10H,1-3H3,(H,16,18,20)(H,17,19,21). The molecule has 2 heterocycles. The minimum atomic E-state index is 0.0838. The first-order valence-electron chi connectivity index (χ1n) is 7.22. The Morgan fingerprint density at radius 2 is 1.45 bits per heavy atom. The molecule has 1 aromatic carbocycles.